The first-order valence-electron chi connectivity index (χ1n) is 9.36. The number of nitrogens with zero attached hydrogens (tertiary/aromatic N) is 3. The predicted octanol–water partition coefficient (Wildman–Crippen LogP) is 3.37. The number of para-hydroxylation sites is 2. The molecule has 160 valence electrons. The summed E-state index contributed by atoms with van der Waals surface area (Å²) in [4.78, 5) is 26.8. The van der Waals surface area contributed by atoms with Crippen LogP contribution in [0.25, 0.3) is 0 Å². The molecule has 1 amide bonds. The second kappa shape index (κ2) is 9.23. The summed E-state index contributed by atoms with van der Waals surface area (Å²) in [5.41, 5.74) is 0.131. The van der Waals surface area contributed by atoms with Crippen molar-refractivity contribution in [1.82, 2.24) is 9.80 Å². The van der Waals surface area contributed by atoms with Crippen LogP contribution in [0, 0.1) is 10.1 Å². The second-order valence-electron chi connectivity index (χ2n) is 7.07. The number of nitrogens with one attached hydrogen (secondary N) is 1. The van der Waals surface area contributed by atoms with Crippen molar-refractivity contribution in [3.8, 4) is 0 Å². The Labute approximate surface area is 171 Å². The van der Waals surface area contributed by atoms with Crippen LogP contribution in [-0.2, 0) is 17.5 Å². The summed E-state index contributed by atoms with van der Waals surface area (Å²) in [6.07, 6.45) is -4.34. The van der Waals surface area contributed by atoms with Crippen LogP contribution in [0.15, 0.2) is 48.5 Å². The van der Waals surface area contributed by atoms with E-state index in [-0.39, 0.29) is 23.8 Å². The number of hydrogen-bond donors (Lipinski definition) is 1. The van der Waals surface area contributed by atoms with Crippen LogP contribution < -0.4 is 5.32 Å². The first kappa shape index (κ1) is 21.7. The quantitative estimate of drug-likeness (QED) is 0.571. The van der Waals surface area contributed by atoms with Gasteiger partial charge in [-0.25, -0.2) is 0 Å². The van der Waals surface area contributed by atoms with Crippen LogP contribution in [-0.4, -0.2) is 53.4 Å². The highest BCUT2D eigenvalue weighted by atomic mass is 19.4. The van der Waals surface area contributed by atoms with Gasteiger partial charge >= 0.3 is 6.18 Å². The van der Waals surface area contributed by atoms with Crippen LogP contribution >= 0.6 is 0 Å². The van der Waals surface area contributed by atoms with Gasteiger partial charge in [0.05, 0.1) is 17.0 Å². The normalized spacial score (nSPS) is 15.7. The van der Waals surface area contributed by atoms with Gasteiger partial charge in [-0.2, -0.15) is 13.2 Å². The minimum absolute atomic E-state index is 0.111. The Bertz CT molecular complexity index is 895. The Morgan fingerprint density at radius 3 is 2.20 bits per heavy atom. The van der Waals surface area contributed by atoms with Gasteiger partial charge in [-0.3, -0.25) is 24.7 Å². The Kier molecular flexibility index (Phi) is 6.68. The van der Waals surface area contributed by atoms with Gasteiger partial charge in [0, 0.05) is 38.8 Å². The third kappa shape index (κ3) is 5.77. The number of nitro groups is 1. The molecular formula is C20H21F3N4O3. The van der Waals surface area contributed by atoms with E-state index >= 15 is 0 Å². The molecule has 0 radical (unpaired) electrons. The molecule has 1 aliphatic rings. The van der Waals surface area contributed by atoms with Crippen LogP contribution in [0.2, 0.25) is 0 Å². The fourth-order valence-corrected chi connectivity index (χ4v) is 3.29. The molecule has 0 unspecified atom stereocenters. The monoisotopic (exact) mass is 422 g/mol. The van der Waals surface area contributed by atoms with Gasteiger partial charge in [0.2, 0.25) is 5.91 Å². The lowest BCUT2D eigenvalue weighted by molar-refractivity contribution is -0.383. The lowest BCUT2D eigenvalue weighted by Crippen LogP contribution is -2.48. The van der Waals surface area contributed by atoms with Crippen LogP contribution in [0.1, 0.15) is 11.1 Å². The summed E-state index contributed by atoms with van der Waals surface area (Å²) >= 11 is 0. The van der Waals surface area contributed by atoms with Gasteiger partial charge in [0.25, 0.3) is 5.69 Å². The summed E-state index contributed by atoms with van der Waals surface area (Å²) in [5, 5.41) is 13.6. The molecule has 1 aliphatic heterocycles. The van der Waals surface area contributed by atoms with E-state index in [9.17, 15) is 28.1 Å². The maximum absolute atomic E-state index is 12.6. The lowest BCUT2D eigenvalue weighted by atomic mass is 10.1. The number of carbonyl (C=O) groups excluding carboxylic acids is 1. The molecule has 0 atom stereocenters. The summed E-state index contributed by atoms with van der Waals surface area (Å²) in [6.45, 7) is 3.21. The Morgan fingerprint density at radius 2 is 1.60 bits per heavy atom. The van der Waals surface area contributed by atoms with Crippen molar-refractivity contribution in [3.63, 3.8) is 0 Å². The maximum Gasteiger partial charge on any atom is 0.416 e. The third-order valence-corrected chi connectivity index (χ3v) is 4.89. The van der Waals surface area contributed by atoms with Gasteiger partial charge in [0.1, 0.15) is 5.69 Å². The fraction of sp³-hybridized carbons (Fsp3) is 0.350. The minimum atomic E-state index is -4.34. The number of alkyl halides is 3. The van der Waals surface area contributed by atoms with Gasteiger partial charge < -0.3 is 5.32 Å². The zero-order valence-corrected chi connectivity index (χ0v) is 16.1. The number of rotatable bonds is 6. The van der Waals surface area contributed by atoms with Crippen LogP contribution in [0.3, 0.4) is 0 Å². The SMILES string of the molecule is O=C(CN1CCN(Cc2ccc(C(F)(F)F)cc2)CC1)Nc1ccccc1[N+](=O)[O-]. The molecule has 0 saturated carbocycles. The molecule has 0 aliphatic carbocycles. The zero-order chi connectivity index (χ0) is 21.7. The first-order valence-corrected chi connectivity index (χ1v) is 9.36. The van der Waals surface area contributed by atoms with E-state index in [0.29, 0.717) is 32.7 Å². The highest BCUT2D eigenvalue weighted by Crippen LogP contribution is 2.29. The molecule has 0 aromatic heterocycles. The average molecular weight is 422 g/mol. The van der Waals surface area contributed by atoms with Crippen LogP contribution in [0.5, 0.6) is 0 Å². The second-order valence-corrected chi connectivity index (χ2v) is 7.07. The highest BCUT2D eigenvalue weighted by molar-refractivity contribution is 5.94. The maximum atomic E-state index is 12.6. The van der Waals surface area contributed by atoms with E-state index in [1.165, 1.54) is 30.3 Å². The number of nitro benzene ring substituents is 1. The molecule has 0 bridgehead atoms. The van der Waals surface area contributed by atoms with Crippen molar-refractivity contribution >= 4 is 17.3 Å². The number of benzene rings is 2. The average Bonchev–Trinajstić information content (AvgIpc) is 2.69. The van der Waals surface area contributed by atoms with Gasteiger partial charge in [-0.05, 0) is 23.8 Å². The van der Waals surface area contributed by atoms with Crippen molar-refractivity contribution in [2.75, 3.05) is 38.0 Å². The van der Waals surface area contributed by atoms with Gasteiger partial charge in [-0.1, -0.05) is 24.3 Å². The van der Waals surface area contributed by atoms with E-state index in [1.807, 2.05) is 4.90 Å². The van der Waals surface area contributed by atoms with Crippen LogP contribution in [0.4, 0.5) is 24.5 Å². The molecule has 7 nitrogen and oxygen atoms in total. The smallest absolute Gasteiger partial charge is 0.319 e. The van der Waals surface area contributed by atoms with Gasteiger partial charge in [-0.15, -0.1) is 0 Å². The predicted molar refractivity (Wildman–Crippen MR) is 105 cm³/mol. The molecule has 1 heterocycles. The van der Waals surface area contributed by atoms with Crippen molar-refractivity contribution < 1.29 is 22.9 Å². The minimum Gasteiger partial charge on any atom is -0.319 e. The zero-order valence-electron chi connectivity index (χ0n) is 16.1. The van der Waals surface area contributed by atoms with E-state index < -0.39 is 16.7 Å². The number of carbonyl (C=O) groups is 1. The highest BCUT2D eigenvalue weighted by Gasteiger charge is 2.30. The van der Waals surface area contributed by atoms with Crippen molar-refractivity contribution in [1.29, 1.82) is 0 Å². The molecule has 2 aromatic rings. The molecule has 0 spiro atoms. The molecule has 1 saturated heterocycles. The van der Waals surface area contributed by atoms with Gasteiger partial charge in [0.15, 0.2) is 0 Å². The van der Waals surface area contributed by atoms with Crippen molar-refractivity contribution in [3.05, 3.63) is 69.8 Å². The molecule has 30 heavy (non-hydrogen) atoms. The van der Waals surface area contributed by atoms with E-state index in [2.05, 4.69) is 10.2 Å². The fourth-order valence-electron chi connectivity index (χ4n) is 3.29. The molecule has 3 rings (SSSR count). The first-order chi connectivity index (χ1) is 14.2. The largest absolute Gasteiger partial charge is 0.416 e. The van der Waals surface area contributed by atoms with E-state index in [0.717, 1.165) is 17.7 Å². The molecular weight excluding hydrogens is 401 g/mol. The van der Waals surface area contributed by atoms with E-state index in [1.54, 1.807) is 6.07 Å². The van der Waals surface area contributed by atoms with Crippen molar-refractivity contribution in [2.45, 2.75) is 12.7 Å². The molecule has 1 fully saturated rings. The molecule has 2 aromatic carbocycles. The number of hydrogen-bond acceptors (Lipinski definition) is 5. The Hall–Kier alpha value is -2.98. The topological polar surface area (TPSA) is 78.7 Å². The summed E-state index contributed by atoms with van der Waals surface area (Å²) < 4.78 is 37.9. The number of piperazine rings is 1. The Balaban J connectivity index is 1.46. The summed E-state index contributed by atoms with van der Waals surface area (Å²) in [5.74, 6) is -0.333. The van der Waals surface area contributed by atoms with E-state index in [4.69, 9.17) is 0 Å². The lowest BCUT2D eigenvalue weighted by Gasteiger charge is -2.34. The molecule has 10 heteroatoms. The summed E-state index contributed by atoms with van der Waals surface area (Å²) in [6, 6.07) is 11.1. The summed E-state index contributed by atoms with van der Waals surface area (Å²) in [7, 11) is 0. The number of anilines is 1. The third-order valence-electron chi connectivity index (χ3n) is 4.89. The standard InChI is InChI=1S/C20H21F3N4O3/c21-20(22,23)16-7-5-15(6-8-16)13-25-9-11-26(12-10-25)14-19(28)24-17-3-1-2-4-18(17)27(29)30/h1-8H,9-14H2,(H,24,28). The number of amides is 1. The van der Waals surface area contributed by atoms with Crippen molar-refractivity contribution in [2.24, 2.45) is 0 Å². The Morgan fingerprint density at radius 1 is 1.00 bits per heavy atom. The number of halogens is 3. The molecule has 1 N–H and O–H groups in total.